The van der Waals surface area contributed by atoms with Gasteiger partial charge in [-0.25, -0.2) is 19.4 Å². The van der Waals surface area contributed by atoms with E-state index < -0.39 is 11.9 Å². The maximum Gasteiger partial charge on any atom is 0.390 e. The topological polar surface area (TPSA) is 78.9 Å². The Morgan fingerprint density at radius 2 is 1.31 bits per heavy atom. The highest BCUT2D eigenvalue weighted by atomic mass is 17.2. The van der Waals surface area contributed by atoms with Crippen LogP contribution < -0.4 is 4.74 Å². The minimum atomic E-state index is -0.896. The zero-order valence-electron chi connectivity index (χ0n) is 17.8. The second-order valence-corrected chi connectivity index (χ2v) is 9.67. The third-order valence-electron chi connectivity index (χ3n) is 7.22. The van der Waals surface area contributed by atoms with E-state index in [1.165, 1.54) is 25.3 Å². The fourth-order valence-corrected chi connectivity index (χ4v) is 6.44. The molecule has 6 rings (SSSR count). The zero-order chi connectivity index (χ0) is 22.1. The van der Waals surface area contributed by atoms with Gasteiger partial charge in [-0.15, -0.1) is 0 Å². The van der Waals surface area contributed by atoms with Crippen LogP contribution in [0, 0.1) is 23.2 Å². The molecule has 2 aromatic rings. The van der Waals surface area contributed by atoms with Crippen molar-refractivity contribution < 1.29 is 28.9 Å². The first-order valence-electron chi connectivity index (χ1n) is 11.3. The third kappa shape index (κ3) is 4.27. The molecule has 0 N–H and O–H groups in total. The number of carbonyl (C=O) groups excluding carboxylic acids is 3. The van der Waals surface area contributed by atoms with E-state index in [1.54, 1.807) is 48.5 Å². The summed E-state index contributed by atoms with van der Waals surface area (Å²) in [5, 5.41) is 0. The van der Waals surface area contributed by atoms with Crippen molar-refractivity contribution in [2.45, 2.75) is 44.9 Å². The summed E-state index contributed by atoms with van der Waals surface area (Å²) < 4.78 is 5.62. The second-order valence-electron chi connectivity index (χ2n) is 9.67. The molecule has 0 amide bonds. The summed E-state index contributed by atoms with van der Waals surface area (Å²) in [4.78, 5) is 46.8. The molecule has 166 valence electrons. The van der Waals surface area contributed by atoms with Crippen molar-refractivity contribution in [3.8, 4) is 5.75 Å². The number of rotatable bonds is 5. The Balaban J connectivity index is 1.22. The minimum absolute atomic E-state index is 0.0345. The van der Waals surface area contributed by atoms with Gasteiger partial charge in [0.1, 0.15) is 11.3 Å². The summed E-state index contributed by atoms with van der Waals surface area (Å²) in [5.74, 6) is 0.348. The van der Waals surface area contributed by atoms with Crippen LogP contribution >= 0.6 is 0 Å². The monoisotopic (exact) mass is 434 g/mol. The molecule has 0 unspecified atom stereocenters. The van der Waals surface area contributed by atoms with Gasteiger partial charge >= 0.3 is 17.9 Å². The van der Waals surface area contributed by atoms with Crippen LogP contribution in [0.25, 0.3) is 0 Å². The molecule has 4 saturated carbocycles. The molecule has 0 radical (unpaired) electrons. The van der Waals surface area contributed by atoms with Crippen LogP contribution in [0.2, 0.25) is 0 Å². The van der Waals surface area contributed by atoms with Crippen LogP contribution in [-0.4, -0.2) is 17.9 Å². The Morgan fingerprint density at radius 3 is 1.97 bits per heavy atom. The fourth-order valence-electron chi connectivity index (χ4n) is 6.44. The van der Waals surface area contributed by atoms with Gasteiger partial charge in [0.15, 0.2) is 0 Å². The highest BCUT2D eigenvalue weighted by Crippen LogP contribution is 2.61. The first-order valence-corrected chi connectivity index (χ1v) is 11.3. The van der Waals surface area contributed by atoms with Gasteiger partial charge in [-0.05, 0) is 86.0 Å². The predicted octanol–water partition coefficient (Wildman–Crippen LogP) is 5.13. The van der Waals surface area contributed by atoms with Gasteiger partial charge in [0.25, 0.3) is 0 Å². The quantitative estimate of drug-likeness (QED) is 0.281. The first-order chi connectivity index (χ1) is 15.5. The van der Waals surface area contributed by atoms with Gasteiger partial charge in [0.2, 0.25) is 0 Å². The highest BCUT2D eigenvalue weighted by Gasteiger charge is 2.51. The van der Waals surface area contributed by atoms with Crippen molar-refractivity contribution in [1.29, 1.82) is 0 Å². The molecular weight excluding hydrogens is 408 g/mol. The van der Waals surface area contributed by atoms with E-state index in [0.29, 0.717) is 6.42 Å². The van der Waals surface area contributed by atoms with E-state index in [1.807, 2.05) is 0 Å². The van der Waals surface area contributed by atoms with Gasteiger partial charge in [-0.2, -0.15) is 0 Å². The average Bonchev–Trinajstić information content (AvgIpc) is 2.77. The van der Waals surface area contributed by atoms with E-state index >= 15 is 0 Å². The lowest BCUT2D eigenvalue weighted by Crippen LogP contribution is -2.47. The van der Waals surface area contributed by atoms with Crippen molar-refractivity contribution in [1.82, 2.24) is 0 Å². The Morgan fingerprint density at radius 1 is 0.750 bits per heavy atom. The summed E-state index contributed by atoms with van der Waals surface area (Å²) >= 11 is 0. The Bertz CT molecular complexity index is 992. The van der Waals surface area contributed by atoms with Gasteiger partial charge < -0.3 is 4.74 Å². The largest absolute Gasteiger partial charge is 0.426 e. The number of carbonyl (C=O) groups is 3. The van der Waals surface area contributed by atoms with Crippen LogP contribution in [0.3, 0.4) is 0 Å². The fraction of sp³-hybridized carbons (Fsp3) is 0.423. The molecule has 6 nitrogen and oxygen atoms in total. The Hall–Kier alpha value is -3.15. The molecule has 4 bridgehead atoms. The smallest absolute Gasteiger partial charge is 0.390 e. The van der Waals surface area contributed by atoms with Crippen molar-refractivity contribution in [2.75, 3.05) is 0 Å². The minimum Gasteiger partial charge on any atom is -0.426 e. The van der Waals surface area contributed by atoms with Crippen LogP contribution in [0.15, 0.2) is 54.6 Å². The van der Waals surface area contributed by atoms with Crippen LogP contribution in [0.1, 0.15) is 65.7 Å². The SMILES string of the molecule is O=C(CC12CC3CC(CC(C3)C1)C2)Oc1ccccc1C(=O)OOC(=O)c1ccccc1. The molecule has 0 saturated heterocycles. The lowest BCUT2D eigenvalue weighted by Gasteiger charge is -2.56. The molecule has 4 aliphatic carbocycles. The number of benzene rings is 2. The van der Waals surface area contributed by atoms with Crippen molar-refractivity contribution >= 4 is 17.9 Å². The van der Waals surface area contributed by atoms with Gasteiger partial charge in [0.05, 0.1) is 12.0 Å². The van der Waals surface area contributed by atoms with Crippen molar-refractivity contribution in [3.05, 3.63) is 65.7 Å². The second kappa shape index (κ2) is 8.41. The van der Waals surface area contributed by atoms with Gasteiger partial charge in [-0.1, -0.05) is 30.3 Å². The number of esters is 1. The molecule has 0 heterocycles. The standard InChI is InChI=1S/C26H26O6/c27-23(16-26-13-17-10-18(14-26)12-19(11-17)15-26)30-22-9-5-4-8-21(22)25(29)32-31-24(28)20-6-2-1-3-7-20/h1-9,17-19H,10-16H2. The zero-order valence-corrected chi connectivity index (χ0v) is 17.8. The average molecular weight is 434 g/mol. The summed E-state index contributed by atoms with van der Waals surface area (Å²) in [5.41, 5.74) is 0.342. The number of hydrogen-bond donors (Lipinski definition) is 0. The summed E-state index contributed by atoms with van der Waals surface area (Å²) in [7, 11) is 0. The van der Waals surface area contributed by atoms with Crippen LogP contribution in [0.5, 0.6) is 5.75 Å². The Labute approximate surface area is 186 Å². The van der Waals surface area contributed by atoms with E-state index in [0.717, 1.165) is 37.0 Å². The van der Waals surface area contributed by atoms with E-state index in [-0.39, 0.29) is 28.3 Å². The third-order valence-corrected chi connectivity index (χ3v) is 7.22. The lowest BCUT2D eigenvalue weighted by atomic mass is 9.49. The Kier molecular flexibility index (Phi) is 5.45. The van der Waals surface area contributed by atoms with Gasteiger partial charge in [0, 0.05) is 0 Å². The first kappa shape index (κ1) is 20.7. The molecule has 6 heteroatoms. The van der Waals surface area contributed by atoms with Gasteiger partial charge in [-0.3, -0.25) is 4.79 Å². The summed E-state index contributed by atoms with van der Waals surface area (Å²) in [6.45, 7) is 0. The molecular formula is C26H26O6. The van der Waals surface area contributed by atoms with Crippen molar-refractivity contribution in [2.24, 2.45) is 23.2 Å². The molecule has 0 atom stereocenters. The molecule has 0 spiro atoms. The molecule has 2 aromatic carbocycles. The van der Waals surface area contributed by atoms with Crippen LogP contribution in [-0.2, 0) is 14.6 Å². The highest BCUT2D eigenvalue weighted by molar-refractivity contribution is 5.94. The molecule has 32 heavy (non-hydrogen) atoms. The van der Waals surface area contributed by atoms with E-state index in [9.17, 15) is 14.4 Å². The summed E-state index contributed by atoms with van der Waals surface area (Å²) in [6.07, 6.45) is 7.62. The summed E-state index contributed by atoms with van der Waals surface area (Å²) in [6, 6.07) is 14.6. The van der Waals surface area contributed by atoms with E-state index in [2.05, 4.69) is 4.89 Å². The van der Waals surface area contributed by atoms with Crippen molar-refractivity contribution in [3.63, 3.8) is 0 Å². The normalized spacial score (nSPS) is 27.6. The maximum absolute atomic E-state index is 12.9. The predicted molar refractivity (Wildman–Crippen MR) is 115 cm³/mol. The molecule has 0 aromatic heterocycles. The molecule has 4 fully saturated rings. The molecule has 0 aliphatic heterocycles. The number of ether oxygens (including phenoxy) is 1. The van der Waals surface area contributed by atoms with Crippen LogP contribution in [0.4, 0.5) is 0 Å². The molecule has 4 aliphatic rings. The maximum atomic E-state index is 12.9. The number of para-hydroxylation sites is 1. The lowest BCUT2D eigenvalue weighted by molar-refractivity contribution is -0.187. The van der Waals surface area contributed by atoms with E-state index in [4.69, 9.17) is 9.62 Å². The number of hydrogen-bond acceptors (Lipinski definition) is 6.